The van der Waals surface area contributed by atoms with Gasteiger partial charge in [0.15, 0.2) is 5.65 Å². The Morgan fingerprint density at radius 2 is 1.74 bits per heavy atom. The van der Waals surface area contributed by atoms with Crippen LogP contribution in [-0.4, -0.2) is 37.7 Å². The molecule has 0 atom stereocenters. The number of para-hydroxylation sites is 2. The molecule has 6 nitrogen and oxygen atoms in total. The van der Waals surface area contributed by atoms with Crippen molar-refractivity contribution in [2.45, 2.75) is 5.92 Å². The van der Waals surface area contributed by atoms with Crippen LogP contribution in [0.3, 0.4) is 0 Å². The minimum absolute atomic E-state index is 0.376. The maximum Gasteiger partial charge on any atom is 0.160 e. The van der Waals surface area contributed by atoms with Gasteiger partial charge in [0.25, 0.3) is 0 Å². The van der Waals surface area contributed by atoms with Crippen LogP contribution in [0.4, 0.5) is 5.82 Å². The number of aromatic nitrogens is 5. The second-order valence-corrected chi connectivity index (χ2v) is 5.81. The fourth-order valence-electron chi connectivity index (χ4n) is 3.07. The highest BCUT2D eigenvalue weighted by Crippen LogP contribution is 2.30. The molecule has 0 aliphatic carbocycles. The molecular formula is C17H14N6. The molecule has 0 radical (unpaired) electrons. The third-order valence-corrected chi connectivity index (χ3v) is 4.35. The van der Waals surface area contributed by atoms with Crippen LogP contribution in [0.2, 0.25) is 0 Å². The molecule has 1 aromatic carbocycles. The average molecular weight is 302 g/mol. The molecule has 1 aliphatic heterocycles. The van der Waals surface area contributed by atoms with E-state index < -0.39 is 0 Å². The highest BCUT2D eigenvalue weighted by atomic mass is 15.3. The van der Waals surface area contributed by atoms with Gasteiger partial charge in [-0.2, -0.15) is 0 Å². The number of anilines is 1. The molecule has 0 N–H and O–H groups in total. The van der Waals surface area contributed by atoms with Crippen molar-refractivity contribution in [3.63, 3.8) is 0 Å². The molecule has 112 valence electrons. The molecular weight excluding hydrogens is 288 g/mol. The lowest BCUT2D eigenvalue weighted by molar-refractivity contribution is 0.493. The smallest absolute Gasteiger partial charge is 0.160 e. The molecule has 1 aliphatic rings. The van der Waals surface area contributed by atoms with Crippen LogP contribution in [0.25, 0.3) is 16.7 Å². The molecule has 6 heteroatoms. The third kappa shape index (κ3) is 1.95. The first kappa shape index (κ1) is 12.5. The first-order valence-electron chi connectivity index (χ1n) is 7.65. The van der Waals surface area contributed by atoms with Gasteiger partial charge in [0.1, 0.15) is 11.6 Å². The van der Waals surface area contributed by atoms with Crippen molar-refractivity contribution < 1.29 is 0 Å². The average Bonchev–Trinajstić information content (AvgIpc) is 2.98. The van der Waals surface area contributed by atoms with Crippen molar-refractivity contribution in [1.29, 1.82) is 0 Å². The number of fused-ring (bicyclic) bond motifs is 2. The zero-order valence-electron chi connectivity index (χ0n) is 12.4. The molecule has 23 heavy (non-hydrogen) atoms. The molecule has 0 unspecified atom stereocenters. The van der Waals surface area contributed by atoms with Gasteiger partial charge < -0.3 is 4.90 Å². The lowest BCUT2D eigenvalue weighted by atomic mass is 9.99. The van der Waals surface area contributed by atoms with Crippen molar-refractivity contribution in [2.24, 2.45) is 0 Å². The lowest BCUT2D eigenvalue weighted by Crippen LogP contribution is -2.46. The Morgan fingerprint density at radius 3 is 2.65 bits per heavy atom. The summed E-state index contributed by atoms with van der Waals surface area (Å²) >= 11 is 0. The molecule has 0 spiro atoms. The normalized spacial score (nSPS) is 15.2. The standard InChI is InChI=1S/C17H14N6/c1-2-6-14-13(5-1)18-9-16(19-14)22-10-12(11-22)17-21-20-15-7-3-4-8-23(15)17/h1-9,12H,10-11H2. The summed E-state index contributed by atoms with van der Waals surface area (Å²) in [5.74, 6) is 2.32. The molecule has 3 aromatic heterocycles. The van der Waals surface area contributed by atoms with Crippen LogP contribution in [0.5, 0.6) is 0 Å². The summed E-state index contributed by atoms with van der Waals surface area (Å²) < 4.78 is 2.06. The summed E-state index contributed by atoms with van der Waals surface area (Å²) in [6.07, 6.45) is 3.86. The van der Waals surface area contributed by atoms with Crippen LogP contribution < -0.4 is 4.90 Å². The van der Waals surface area contributed by atoms with E-state index >= 15 is 0 Å². The minimum Gasteiger partial charge on any atom is -0.354 e. The zero-order chi connectivity index (χ0) is 15.2. The molecule has 0 saturated carbocycles. The van der Waals surface area contributed by atoms with E-state index in [0.29, 0.717) is 5.92 Å². The van der Waals surface area contributed by atoms with Crippen LogP contribution in [0, 0.1) is 0 Å². The number of benzene rings is 1. The number of rotatable bonds is 2. The van der Waals surface area contributed by atoms with Crippen molar-refractivity contribution in [3.8, 4) is 0 Å². The summed E-state index contributed by atoms with van der Waals surface area (Å²) in [6, 6.07) is 13.9. The molecule has 5 rings (SSSR count). The first-order valence-corrected chi connectivity index (χ1v) is 7.65. The topological polar surface area (TPSA) is 59.2 Å². The second kappa shape index (κ2) is 4.74. The van der Waals surface area contributed by atoms with Crippen molar-refractivity contribution >= 4 is 22.5 Å². The quantitative estimate of drug-likeness (QED) is 0.568. The fourth-order valence-corrected chi connectivity index (χ4v) is 3.07. The lowest BCUT2D eigenvalue weighted by Gasteiger charge is -2.38. The second-order valence-electron chi connectivity index (χ2n) is 5.81. The highest BCUT2D eigenvalue weighted by Gasteiger charge is 2.32. The van der Waals surface area contributed by atoms with Crippen molar-refractivity contribution in [2.75, 3.05) is 18.0 Å². The van der Waals surface area contributed by atoms with E-state index in [0.717, 1.165) is 41.4 Å². The zero-order valence-corrected chi connectivity index (χ0v) is 12.4. The molecule has 0 bridgehead atoms. The number of hydrogen-bond acceptors (Lipinski definition) is 5. The number of nitrogens with zero attached hydrogens (tertiary/aromatic N) is 6. The Labute approximate surface area is 132 Å². The number of hydrogen-bond donors (Lipinski definition) is 0. The van der Waals surface area contributed by atoms with Gasteiger partial charge in [0, 0.05) is 19.3 Å². The van der Waals surface area contributed by atoms with Gasteiger partial charge in [-0.1, -0.05) is 18.2 Å². The monoisotopic (exact) mass is 302 g/mol. The van der Waals surface area contributed by atoms with Gasteiger partial charge in [-0.3, -0.25) is 9.38 Å². The van der Waals surface area contributed by atoms with E-state index in [1.54, 1.807) is 0 Å². The Hall–Kier alpha value is -3.02. The van der Waals surface area contributed by atoms with E-state index in [1.807, 2.05) is 54.9 Å². The number of pyridine rings is 1. The SMILES string of the molecule is c1ccc2nc(N3CC(c4nnc5ccccn45)C3)cnc2c1. The molecule has 4 aromatic rings. The van der Waals surface area contributed by atoms with Gasteiger partial charge in [0.05, 0.1) is 23.1 Å². The molecule has 0 amide bonds. The Bertz CT molecular complexity index is 1000. The fraction of sp³-hybridized carbons (Fsp3) is 0.176. The summed E-state index contributed by atoms with van der Waals surface area (Å²) in [6.45, 7) is 1.78. The summed E-state index contributed by atoms with van der Waals surface area (Å²) in [7, 11) is 0. The molecule has 4 heterocycles. The van der Waals surface area contributed by atoms with Gasteiger partial charge in [0.2, 0.25) is 0 Å². The minimum atomic E-state index is 0.376. The summed E-state index contributed by atoms with van der Waals surface area (Å²) in [4.78, 5) is 11.4. The maximum absolute atomic E-state index is 4.70. The van der Waals surface area contributed by atoms with Gasteiger partial charge in [-0.15, -0.1) is 10.2 Å². The van der Waals surface area contributed by atoms with Crippen LogP contribution in [0.15, 0.2) is 54.9 Å². The van der Waals surface area contributed by atoms with E-state index in [2.05, 4.69) is 24.5 Å². The van der Waals surface area contributed by atoms with Crippen LogP contribution in [0.1, 0.15) is 11.7 Å². The van der Waals surface area contributed by atoms with E-state index in [-0.39, 0.29) is 0 Å². The first-order chi connectivity index (χ1) is 11.4. The van der Waals surface area contributed by atoms with E-state index in [4.69, 9.17) is 4.98 Å². The van der Waals surface area contributed by atoms with Crippen LogP contribution in [-0.2, 0) is 0 Å². The summed E-state index contributed by atoms with van der Waals surface area (Å²) in [5.41, 5.74) is 2.75. The Balaban J connectivity index is 1.41. The van der Waals surface area contributed by atoms with Gasteiger partial charge >= 0.3 is 0 Å². The third-order valence-electron chi connectivity index (χ3n) is 4.35. The van der Waals surface area contributed by atoms with Gasteiger partial charge in [-0.25, -0.2) is 4.98 Å². The summed E-state index contributed by atoms with van der Waals surface area (Å²) in [5, 5.41) is 8.57. The van der Waals surface area contributed by atoms with E-state index in [9.17, 15) is 0 Å². The highest BCUT2D eigenvalue weighted by molar-refractivity contribution is 5.75. The van der Waals surface area contributed by atoms with Crippen molar-refractivity contribution in [1.82, 2.24) is 24.6 Å². The van der Waals surface area contributed by atoms with Crippen molar-refractivity contribution in [3.05, 3.63) is 60.7 Å². The molecule has 1 fully saturated rings. The predicted molar refractivity (Wildman–Crippen MR) is 87.5 cm³/mol. The molecule has 1 saturated heterocycles. The predicted octanol–water partition coefficient (Wildman–Crippen LogP) is 2.28. The largest absolute Gasteiger partial charge is 0.354 e. The maximum atomic E-state index is 4.70. The Kier molecular flexibility index (Phi) is 2.58. The van der Waals surface area contributed by atoms with Crippen LogP contribution >= 0.6 is 0 Å². The van der Waals surface area contributed by atoms with E-state index in [1.165, 1.54) is 0 Å². The Morgan fingerprint density at radius 1 is 0.913 bits per heavy atom. The van der Waals surface area contributed by atoms with Gasteiger partial charge in [-0.05, 0) is 24.3 Å².